The summed E-state index contributed by atoms with van der Waals surface area (Å²) in [4.78, 5) is 25.0. The third-order valence-corrected chi connectivity index (χ3v) is 7.15. The molecule has 37 heavy (non-hydrogen) atoms. The molecule has 3 aliphatic heterocycles. The van der Waals surface area contributed by atoms with E-state index in [0.717, 1.165) is 54.8 Å². The first-order valence-electron chi connectivity index (χ1n) is 13.0. The average Bonchev–Trinajstić information content (AvgIpc) is 2.83. The zero-order chi connectivity index (χ0) is 25.6. The topological polar surface area (TPSA) is 73.9 Å². The van der Waals surface area contributed by atoms with Crippen molar-refractivity contribution in [3.63, 3.8) is 0 Å². The Hall–Kier alpha value is -2.58. The number of nitrogens with zero attached hydrogens (tertiary/aromatic N) is 1. The van der Waals surface area contributed by atoms with Crippen LogP contribution in [0.1, 0.15) is 45.6 Å². The van der Waals surface area contributed by atoms with E-state index in [2.05, 4.69) is 5.32 Å². The monoisotopic (exact) mass is 574 g/mol. The number of fused-ring (bicyclic) bond motifs is 3. The summed E-state index contributed by atoms with van der Waals surface area (Å²) in [5.74, 6) is 1.16. The van der Waals surface area contributed by atoms with Crippen LogP contribution in [0.4, 0.5) is 10.5 Å². The fourth-order valence-corrected chi connectivity index (χ4v) is 5.28. The summed E-state index contributed by atoms with van der Waals surface area (Å²) in [6.07, 6.45) is 2.40. The number of quaternary nitrogens is 1. The molecule has 2 aromatic carbocycles. The molecule has 8 heteroatoms. The molecule has 3 aliphatic rings. The van der Waals surface area contributed by atoms with Crippen LogP contribution in [0.5, 0.6) is 5.75 Å². The molecule has 5 rings (SSSR count). The van der Waals surface area contributed by atoms with Gasteiger partial charge in [-0.25, -0.2) is 4.79 Å². The van der Waals surface area contributed by atoms with Crippen molar-refractivity contribution in [2.24, 2.45) is 5.92 Å². The summed E-state index contributed by atoms with van der Waals surface area (Å²) >= 11 is 0. The minimum absolute atomic E-state index is 0. The molecule has 2 aromatic rings. The Morgan fingerprint density at radius 1 is 1.00 bits per heavy atom. The molecule has 7 nitrogen and oxygen atoms in total. The number of benzene rings is 2. The molecule has 202 valence electrons. The van der Waals surface area contributed by atoms with E-state index in [9.17, 15) is 9.59 Å². The third kappa shape index (κ3) is 8.47. The Morgan fingerprint density at radius 3 is 2.38 bits per heavy atom. The van der Waals surface area contributed by atoms with E-state index in [1.165, 1.54) is 0 Å². The molecule has 1 amide bonds. The normalized spacial score (nSPS) is 22.5. The van der Waals surface area contributed by atoms with Gasteiger partial charge in [0.2, 0.25) is 0 Å². The van der Waals surface area contributed by atoms with Crippen molar-refractivity contribution >= 4 is 17.7 Å². The Labute approximate surface area is 230 Å². The summed E-state index contributed by atoms with van der Waals surface area (Å²) in [5.41, 5.74) is 0.965. The van der Waals surface area contributed by atoms with Crippen LogP contribution < -0.4 is 27.0 Å². The maximum absolute atomic E-state index is 12.8. The number of hydrogen-bond acceptors (Lipinski definition) is 5. The van der Waals surface area contributed by atoms with Crippen molar-refractivity contribution < 1.29 is 45.3 Å². The Morgan fingerprint density at radius 2 is 1.68 bits per heavy atom. The quantitative estimate of drug-likeness (QED) is 0.367. The molecule has 3 heterocycles. The molecule has 0 saturated carbocycles. The number of rotatable bonds is 9. The van der Waals surface area contributed by atoms with Gasteiger partial charge < -0.3 is 35.7 Å². The Balaban J connectivity index is 0.00000380. The number of para-hydroxylation sites is 2. The van der Waals surface area contributed by atoms with Crippen LogP contribution in [0, 0.1) is 5.92 Å². The highest BCUT2D eigenvalue weighted by molar-refractivity contribution is 5.86. The average molecular weight is 576 g/mol. The standard InChI is InChI=1S/C29H38N2O5.BrH/c1-29(2,3)36-28(33)30-25-12-8-7-9-22(25)13-14-27(32)35-26-21-31(17-15-23(26)16-18-31)19-20-34-24-10-5-4-6-11-24;/h4-12,23,26H,13-21H2,1-3H3;1H/t23?,26-,31?;/m0./s1. The number of ether oxygens (including phenoxy) is 3. The summed E-state index contributed by atoms with van der Waals surface area (Å²) in [6, 6.07) is 17.4. The van der Waals surface area contributed by atoms with Gasteiger partial charge in [-0.1, -0.05) is 36.4 Å². The lowest BCUT2D eigenvalue weighted by Crippen LogP contribution is -3.00. The predicted molar refractivity (Wildman–Crippen MR) is 139 cm³/mol. The molecule has 0 aliphatic carbocycles. The molecule has 3 saturated heterocycles. The summed E-state index contributed by atoms with van der Waals surface area (Å²) in [7, 11) is 0. The van der Waals surface area contributed by atoms with Gasteiger partial charge in [0.25, 0.3) is 0 Å². The number of hydrogen-bond donors (Lipinski definition) is 1. The maximum atomic E-state index is 12.8. The van der Waals surface area contributed by atoms with Crippen molar-refractivity contribution in [3.05, 3.63) is 60.2 Å². The lowest BCUT2D eigenvalue weighted by molar-refractivity contribution is -0.946. The highest BCUT2D eigenvalue weighted by Crippen LogP contribution is 2.35. The number of aryl methyl sites for hydroxylation is 1. The highest BCUT2D eigenvalue weighted by Gasteiger charge is 2.47. The van der Waals surface area contributed by atoms with E-state index in [0.29, 0.717) is 24.6 Å². The molecule has 1 atom stereocenters. The summed E-state index contributed by atoms with van der Waals surface area (Å²) in [5, 5.41) is 2.80. The molecule has 1 N–H and O–H groups in total. The van der Waals surface area contributed by atoms with Crippen LogP contribution in [0.3, 0.4) is 0 Å². The fourth-order valence-electron chi connectivity index (χ4n) is 5.28. The predicted octanol–water partition coefficient (Wildman–Crippen LogP) is 2.20. The van der Waals surface area contributed by atoms with E-state index in [-0.39, 0.29) is 35.5 Å². The van der Waals surface area contributed by atoms with Gasteiger partial charge in [0.1, 0.15) is 31.0 Å². The number of anilines is 1. The molecule has 0 unspecified atom stereocenters. The highest BCUT2D eigenvalue weighted by atomic mass is 79.9. The first-order chi connectivity index (χ1) is 17.2. The number of esters is 1. The second kappa shape index (κ2) is 12.8. The van der Waals surface area contributed by atoms with E-state index >= 15 is 0 Å². The second-order valence-corrected chi connectivity index (χ2v) is 11.0. The fraction of sp³-hybridized carbons (Fsp3) is 0.517. The van der Waals surface area contributed by atoms with Gasteiger partial charge in [0.05, 0.1) is 13.1 Å². The van der Waals surface area contributed by atoms with Gasteiger partial charge in [-0.05, 0) is 51.0 Å². The minimum Gasteiger partial charge on any atom is -1.00 e. The van der Waals surface area contributed by atoms with Crippen LogP contribution in [0.15, 0.2) is 54.6 Å². The van der Waals surface area contributed by atoms with Crippen molar-refractivity contribution in [3.8, 4) is 5.75 Å². The van der Waals surface area contributed by atoms with Crippen molar-refractivity contribution in [1.29, 1.82) is 0 Å². The van der Waals surface area contributed by atoms with Gasteiger partial charge in [-0.3, -0.25) is 10.1 Å². The van der Waals surface area contributed by atoms with E-state index in [4.69, 9.17) is 14.2 Å². The van der Waals surface area contributed by atoms with Crippen LogP contribution in [0.2, 0.25) is 0 Å². The Kier molecular flexibility index (Phi) is 10.0. The lowest BCUT2D eigenvalue weighted by Gasteiger charge is -2.51. The smallest absolute Gasteiger partial charge is 0.412 e. The van der Waals surface area contributed by atoms with Crippen molar-refractivity contribution in [1.82, 2.24) is 0 Å². The van der Waals surface area contributed by atoms with Crippen LogP contribution in [-0.4, -0.2) is 61.0 Å². The summed E-state index contributed by atoms with van der Waals surface area (Å²) in [6.45, 7) is 10.2. The van der Waals surface area contributed by atoms with Gasteiger partial charge in [-0.15, -0.1) is 0 Å². The number of halogens is 1. The minimum atomic E-state index is -0.578. The molecule has 0 spiro atoms. The van der Waals surface area contributed by atoms with Crippen molar-refractivity contribution in [2.75, 3.05) is 38.1 Å². The van der Waals surface area contributed by atoms with Crippen LogP contribution >= 0.6 is 0 Å². The molecule has 0 aromatic heterocycles. The second-order valence-electron chi connectivity index (χ2n) is 11.0. The lowest BCUT2D eigenvalue weighted by atomic mass is 9.83. The molecule has 0 radical (unpaired) electrons. The van der Waals surface area contributed by atoms with Crippen molar-refractivity contribution in [2.45, 2.75) is 58.2 Å². The Bertz CT molecular complexity index is 1030. The molecule has 3 fully saturated rings. The molecular formula is C29H39BrN2O5. The largest absolute Gasteiger partial charge is 1.00 e. The molecular weight excluding hydrogens is 536 g/mol. The van der Waals surface area contributed by atoms with Gasteiger partial charge in [0.15, 0.2) is 6.10 Å². The SMILES string of the molecule is CC(C)(C)OC(=O)Nc1ccccc1CCC(=O)O[C@H]1C[N+]2(CCOc3ccccc3)CCC1CC2.[Br-]. The maximum Gasteiger partial charge on any atom is 0.412 e. The van der Waals surface area contributed by atoms with E-state index < -0.39 is 11.7 Å². The number of amides is 1. The van der Waals surface area contributed by atoms with Gasteiger partial charge >= 0.3 is 12.1 Å². The van der Waals surface area contributed by atoms with Crippen LogP contribution in [-0.2, 0) is 20.7 Å². The first-order valence-corrected chi connectivity index (χ1v) is 13.0. The van der Waals surface area contributed by atoms with Crippen LogP contribution in [0.25, 0.3) is 0 Å². The zero-order valence-corrected chi connectivity index (χ0v) is 23.7. The number of piperidine rings is 3. The number of carbonyl (C=O) groups excluding carboxylic acids is 2. The number of carbonyl (C=O) groups is 2. The third-order valence-electron chi connectivity index (χ3n) is 7.15. The number of nitrogens with one attached hydrogen (secondary N) is 1. The van der Waals surface area contributed by atoms with E-state index in [1.54, 1.807) is 0 Å². The molecule has 2 bridgehead atoms. The van der Waals surface area contributed by atoms with Gasteiger partial charge in [0, 0.05) is 30.9 Å². The first kappa shape index (κ1) is 29.0. The van der Waals surface area contributed by atoms with Gasteiger partial charge in [-0.2, -0.15) is 0 Å². The van der Waals surface area contributed by atoms with E-state index in [1.807, 2.05) is 75.4 Å². The zero-order valence-electron chi connectivity index (χ0n) is 22.1. The summed E-state index contributed by atoms with van der Waals surface area (Å²) < 4.78 is 18.3.